The number of nitrogens with one attached hydrogen (secondary N) is 1. The average Bonchev–Trinajstić information content (AvgIpc) is 3.08. The van der Waals surface area contributed by atoms with Gasteiger partial charge in [-0.15, -0.1) is 0 Å². The van der Waals surface area contributed by atoms with Crippen molar-refractivity contribution in [1.29, 1.82) is 0 Å². The molecule has 6 heteroatoms. The van der Waals surface area contributed by atoms with Crippen molar-refractivity contribution >= 4 is 34.3 Å². The Morgan fingerprint density at radius 3 is 2.39 bits per heavy atom. The molecule has 0 fully saturated rings. The quantitative estimate of drug-likeness (QED) is 0.515. The highest BCUT2D eigenvalue weighted by atomic mass is 16.5. The monoisotopic (exact) mass is 378 g/mol. The van der Waals surface area contributed by atoms with Crippen LogP contribution in [0.4, 0.5) is 5.69 Å². The van der Waals surface area contributed by atoms with Crippen molar-refractivity contribution in [2.75, 3.05) is 11.9 Å². The number of ketones is 1. The predicted octanol–water partition coefficient (Wildman–Crippen LogP) is 4.22. The van der Waals surface area contributed by atoms with Gasteiger partial charge in [0, 0.05) is 28.4 Å². The van der Waals surface area contributed by atoms with Crippen LogP contribution in [0.15, 0.2) is 54.7 Å². The number of carbonyl (C=O) groups is 3. The summed E-state index contributed by atoms with van der Waals surface area (Å²) < 4.78 is 6.75. The van der Waals surface area contributed by atoms with Crippen LogP contribution in [0, 0.1) is 0 Å². The third kappa shape index (κ3) is 3.81. The van der Waals surface area contributed by atoms with Crippen LogP contribution in [0.2, 0.25) is 0 Å². The van der Waals surface area contributed by atoms with Crippen LogP contribution < -0.4 is 5.32 Å². The first-order valence-electron chi connectivity index (χ1n) is 9.11. The number of benzene rings is 2. The topological polar surface area (TPSA) is 77.4 Å². The van der Waals surface area contributed by atoms with Crippen molar-refractivity contribution in [2.45, 2.75) is 26.8 Å². The number of anilines is 1. The second kappa shape index (κ2) is 8.08. The Bertz CT molecular complexity index is 1030. The minimum absolute atomic E-state index is 0.0443. The van der Waals surface area contributed by atoms with Crippen molar-refractivity contribution < 1.29 is 19.1 Å². The van der Waals surface area contributed by atoms with Crippen molar-refractivity contribution in [3.05, 3.63) is 65.9 Å². The zero-order valence-corrected chi connectivity index (χ0v) is 16.1. The SMILES string of the molecule is CCOC(=O)c1ccc(NC(=O)[C@@H](C)n2cc(C(C)=O)c3ccccc32)cc1. The molecule has 1 heterocycles. The molecule has 0 bridgehead atoms. The molecular formula is C22H22N2O4. The van der Waals surface area contributed by atoms with Crippen LogP contribution in [0.25, 0.3) is 10.9 Å². The van der Waals surface area contributed by atoms with E-state index in [0.717, 1.165) is 10.9 Å². The van der Waals surface area contributed by atoms with Crippen LogP contribution in [-0.4, -0.2) is 28.8 Å². The van der Waals surface area contributed by atoms with E-state index in [2.05, 4.69) is 5.32 Å². The number of carbonyl (C=O) groups excluding carboxylic acids is 3. The molecule has 1 aromatic heterocycles. The number of Topliss-reactive ketones (excluding diaryl/α,β-unsaturated/α-hetero) is 1. The van der Waals surface area contributed by atoms with Gasteiger partial charge in [-0.25, -0.2) is 4.79 Å². The fraction of sp³-hybridized carbons (Fsp3) is 0.227. The second-order valence-electron chi connectivity index (χ2n) is 6.49. The molecule has 1 amide bonds. The Kier molecular flexibility index (Phi) is 5.59. The van der Waals surface area contributed by atoms with Gasteiger partial charge in [0.2, 0.25) is 5.91 Å². The van der Waals surface area contributed by atoms with Gasteiger partial charge in [0.25, 0.3) is 0 Å². The number of ether oxygens (including phenoxy) is 1. The predicted molar refractivity (Wildman–Crippen MR) is 108 cm³/mol. The summed E-state index contributed by atoms with van der Waals surface area (Å²) in [7, 11) is 0. The molecule has 0 saturated heterocycles. The Hall–Kier alpha value is -3.41. The van der Waals surface area contributed by atoms with Gasteiger partial charge in [0.1, 0.15) is 6.04 Å². The Labute approximate surface area is 163 Å². The Morgan fingerprint density at radius 2 is 1.75 bits per heavy atom. The fourth-order valence-electron chi connectivity index (χ4n) is 3.08. The first kappa shape index (κ1) is 19.4. The Balaban J connectivity index is 1.81. The van der Waals surface area contributed by atoms with Crippen LogP contribution in [0.3, 0.4) is 0 Å². The third-order valence-corrected chi connectivity index (χ3v) is 4.58. The van der Waals surface area contributed by atoms with E-state index in [1.54, 1.807) is 48.9 Å². The minimum Gasteiger partial charge on any atom is -0.462 e. The van der Waals surface area contributed by atoms with E-state index in [1.165, 1.54) is 6.92 Å². The summed E-state index contributed by atoms with van der Waals surface area (Å²) in [5.74, 6) is -0.666. The van der Waals surface area contributed by atoms with Gasteiger partial charge in [-0.2, -0.15) is 0 Å². The lowest BCUT2D eigenvalue weighted by Crippen LogP contribution is -2.23. The zero-order chi connectivity index (χ0) is 20.3. The number of esters is 1. The molecular weight excluding hydrogens is 356 g/mol. The molecule has 144 valence electrons. The van der Waals surface area contributed by atoms with Gasteiger partial charge in [0.15, 0.2) is 5.78 Å². The Morgan fingerprint density at radius 1 is 1.07 bits per heavy atom. The van der Waals surface area contributed by atoms with E-state index in [-0.39, 0.29) is 11.7 Å². The number of hydrogen-bond acceptors (Lipinski definition) is 4. The molecule has 28 heavy (non-hydrogen) atoms. The molecule has 0 unspecified atom stereocenters. The maximum Gasteiger partial charge on any atom is 0.338 e. The standard InChI is InChI=1S/C22H22N2O4/c1-4-28-22(27)16-9-11-17(12-10-16)23-21(26)14(2)24-13-19(15(3)25)18-7-5-6-8-20(18)24/h5-14H,4H2,1-3H3,(H,23,26)/t14-/m1/s1. The van der Waals surface area contributed by atoms with Crippen molar-refractivity contribution in [3.8, 4) is 0 Å². The van der Waals surface area contributed by atoms with E-state index in [0.29, 0.717) is 23.4 Å². The fourth-order valence-corrected chi connectivity index (χ4v) is 3.08. The first-order chi connectivity index (χ1) is 13.4. The summed E-state index contributed by atoms with van der Waals surface area (Å²) in [5.41, 5.74) is 2.42. The van der Waals surface area contributed by atoms with Crippen LogP contribution in [0.5, 0.6) is 0 Å². The largest absolute Gasteiger partial charge is 0.462 e. The molecule has 1 atom stereocenters. The van der Waals surface area contributed by atoms with Gasteiger partial charge in [-0.1, -0.05) is 18.2 Å². The molecule has 2 aromatic carbocycles. The van der Waals surface area contributed by atoms with Crippen LogP contribution in [-0.2, 0) is 9.53 Å². The first-order valence-corrected chi connectivity index (χ1v) is 9.11. The summed E-state index contributed by atoms with van der Waals surface area (Å²) >= 11 is 0. The molecule has 3 rings (SSSR count). The number of nitrogens with zero attached hydrogens (tertiary/aromatic N) is 1. The molecule has 0 spiro atoms. The van der Waals surface area contributed by atoms with Crippen molar-refractivity contribution in [3.63, 3.8) is 0 Å². The van der Waals surface area contributed by atoms with Crippen LogP contribution in [0.1, 0.15) is 47.5 Å². The van der Waals surface area contributed by atoms with Gasteiger partial charge in [-0.05, 0) is 51.1 Å². The minimum atomic E-state index is -0.525. The molecule has 0 aliphatic carbocycles. The third-order valence-electron chi connectivity index (χ3n) is 4.58. The molecule has 1 N–H and O–H groups in total. The lowest BCUT2D eigenvalue weighted by Gasteiger charge is -2.15. The van der Waals surface area contributed by atoms with E-state index in [1.807, 2.05) is 24.3 Å². The molecule has 6 nitrogen and oxygen atoms in total. The lowest BCUT2D eigenvalue weighted by atomic mass is 10.1. The van der Waals surface area contributed by atoms with E-state index in [4.69, 9.17) is 4.74 Å². The van der Waals surface area contributed by atoms with E-state index in [9.17, 15) is 14.4 Å². The summed E-state index contributed by atoms with van der Waals surface area (Å²) in [4.78, 5) is 36.4. The highest BCUT2D eigenvalue weighted by Gasteiger charge is 2.20. The molecule has 0 radical (unpaired) electrons. The average molecular weight is 378 g/mol. The number of amides is 1. The summed E-state index contributed by atoms with van der Waals surface area (Å²) in [5, 5.41) is 3.67. The molecule has 0 aliphatic heterocycles. The number of fused-ring (bicyclic) bond motifs is 1. The normalized spacial score (nSPS) is 11.8. The second-order valence-corrected chi connectivity index (χ2v) is 6.49. The number of hydrogen-bond donors (Lipinski definition) is 1. The van der Waals surface area contributed by atoms with Gasteiger partial charge < -0.3 is 14.6 Å². The lowest BCUT2D eigenvalue weighted by molar-refractivity contribution is -0.118. The van der Waals surface area contributed by atoms with Gasteiger partial charge in [0.05, 0.1) is 12.2 Å². The number of rotatable bonds is 6. The number of aromatic nitrogens is 1. The van der Waals surface area contributed by atoms with Crippen molar-refractivity contribution in [2.24, 2.45) is 0 Å². The molecule has 0 aliphatic rings. The molecule has 3 aromatic rings. The van der Waals surface area contributed by atoms with E-state index < -0.39 is 12.0 Å². The maximum absolute atomic E-state index is 12.7. The highest BCUT2D eigenvalue weighted by molar-refractivity contribution is 6.07. The summed E-state index contributed by atoms with van der Waals surface area (Å²) in [6.07, 6.45) is 1.72. The zero-order valence-electron chi connectivity index (χ0n) is 16.1. The summed E-state index contributed by atoms with van der Waals surface area (Å²) in [6, 6.07) is 13.5. The van der Waals surface area contributed by atoms with Gasteiger partial charge >= 0.3 is 5.97 Å². The number of para-hydroxylation sites is 1. The smallest absolute Gasteiger partial charge is 0.338 e. The maximum atomic E-state index is 12.7. The van der Waals surface area contributed by atoms with Crippen LogP contribution >= 0.6 is 0 Å². The highest BCUT2D eigenvalue weighted by Crippen LogP contribution is 2.26. The van der Waals surface area contributed by atoms with E-state index >= 15 is 0 Å². The van der Waals surface area contributed by atoms with Gasteiger partial charge in [-0.3, -0.25) is 9.59 Å². The molecule has 0 saturated carbocycles. The van der Waals surface area contributed by atoms with Crippen molar-refractivity contribution in [1.82, 2.24) is 4.57 Å². The summed E-state index contributed by atoms with van der Waals surface area (Å²) in [6.45, 7) is 5.35.